The molecule has 0 atom stereocenters. The van der Waals surface area contributed by atoms with E-state index in [9.17, 15) is 5.11 Å². The van der Waals surface area contributed by atoms with Crippen molar-refractivity contribution < 1.29 is 14.6 Å². The molecule has 1 N–H and O–H groups in total. The summed E-state index contributed by atoms with van der Waals surface area (Å²) in [7, 11) is 1.76. The van der Waals surface area contributed by atoms with Crippen molar-refractivity contribution >= 4 is 0 Å². The Bertz CT molecular complexity index is 770. The Morgan fingerprint density at radius 1 is 1.04 bits per heavy atom. The molecule has 2 aromatic carbocycles. The van der Waals surface area contributed by atoms with Gasteiger partial charge >= 0.3 is 0 Å². The van der Waals surface area contributed by atoms with Gasteiger partial charge in [0, 0.05) is 64.8 Å². The van der Waals surface area contributed by atoms with Crippen LogP contribution in [-0.4, -0.2) is 60.4 Å². The van der Waals surface area contributed by atoms with Crippen molar-refractivity contribution in [3.8, 4) is 11.5 Å². The lowest BCUT2D eigenvalue weighted by Crippen LogP contribution is -2.53. The molecule has 0 radical (unpaired) electrons. The van der Waals surface area contributed by atoms with Crippen LogP contribution in [0.4, 0.5) is 0 Å². The van der Waals surface area contributed by atoms with E-state index in [0.717, 1.165) is 64.5 Å². The molecule has 0 saturated carbocycles. The SMILES string of the molecule is COCCN1CCC2(CC1)CN(Cc1ccc(O)cc1)Cc1ccccc1O2. The minimum absolute atomic E-state index is 0.146. The lowest BCUT2D eigenvalue weighted by atomic mass is 9.90. The smallest absolute Gasteiger partial charge is 0.124 e. The maximum absolute atomic E-state index is 9.58. The van der Waals surface area contributed by atoms with Crippen molar-refractivity contribution in [1.29, 1.82) is 0 Å². The van der Waals surface area contributed by atoms with Crippen molar-refractivity contribution in [2.45, 2.75) is 31.5 Å². The van der Waals surface area contributed by atoms with Crippen molar-refractivity contribution in [3.05, 3.63) is 59.7 Å². The average Bonchev–Trinajstić information content (AvgIpc) is 2.85. The van der Waals surface area contributed by atoms with E-state index in [1.54, 1.807) is 19.2 Å². The third-order valence-corrected chi connectivity index (χ3v) is 5.93. The Hall–Kier alpha value is -2.08. The molecule has 1 spiro atoms. The Morgan fingerprint density at radius 2 is 1.79 bits per heavy atom. The van der Waals surface area contributed by atoms with Crippen LogP contribution in [0.5, 0.6) is 11.5 Å². The predicted octanol–water partition coefficient (Wildman–Crippen LogP) is 3.27. The molecule has 5 heteroatoms. The van der Waals surface area contributed by atoms with Gasteiger partial charge in [-0.15, -0.1) is 0 Å². The van der Waals surface area contributed by atoms with Gasteiger partial charge in [-0.2, -0.15) is 0 Å². The van der Waals surface area contributed by atoms with Crippen LogP contribution in [0, 0.1) is 0 Å². The summed E-state index contributed by atoms with van der Waals surface area (Å²) in [5.41, 5.74) is 2.32. The van der Waals surface area contributed by atoms with Crippen molar-refractivity contribution in [1.82, 2.24) is 9.80 Å². The highest BCUT2D eigenvalue weighted by atomic mass is 16.5. The summed E-state index contributed by atoms with van der Waals surface area (Å²) < 4.78 is 11.9. The van der Waals surface area contributed by atoms with E-state index in [0.29, 0.717) is 5.75 Å². The first-order valence-corrected chi connectivity index (χ1v) is 10.1. The molecule has 0 aliphatic carbocycles. The van der Waals surface area contributed by atoms with E-state index >= 15 is 0 Å². The van der Waals surface area contributed by atoms with E-state index in [-0.39, 0.29) is 5.60 Å². The number of ether oxygens (including phenoxy) is 2. The zero-order chi connectivity index (χ0) is 19.4. The average molecular weight is 383 g/mol. The Balaban J connectivity index is 1.53. The molecule has 5 nitrogen and oxygen atoms in total. The van der Waals surface area contributed by atoms with Crippen LogP contribution in [0.25, 0.3) is 0 Å². The number of methoxy groups -OCH3 is 1. The fourth-order valence-electron chi connectivity index (χ4n) is 4.34. The van der Waals surface area contributed by atoms with Crippen LogP contribution in [-0.2, 0) is 17.8 Å². The number of phenols is 1. The van der Waals surface area contributed by atoms with Crippen LogP contribution in [0.1, 0.15) is 24.0 Å². The summed E-state index contributed by atoms with van der Waals surface area (Å²) in [5.74, 6) is 1.34. The number of rotatable bonds is 5. The number of para-hydroxylation sites is 1. The number of likely N-dealkylation sites (tertiary alicyclic amines) is 1. The number of hydrogen-bond acceptors (Lipinski definition) is 5. The second kappa shape index (κ2) is 8.52. The van der Waals surface area contributed by atoms with Crippen molar-refractivity contribution in [3.63, 3.8) is 0 Å². The first kappa shape index (κ1) is 19.2. The first-order chi connectivity index (χ1) is 13.7. The Kier molecular flexibility index (Phi) is 5.85. The Morgan fingerprint density at radius 3 is 2.54 bits per heavy atom. The molecule has 150 valence electrons. The molecule has 2 aliphatic heterocycles. The maximum atomic E-state index is 9.58. The van der Waals surface area contributed by atoms with Gasteiger partial charge in [0.25, 0.3) is 0 Å². The van der Waals surface area contributed by atoms with E-state index in [1.165, 1.54) is 11.1 Å². The summed E-state index contributed by atoms with van der Waals surface area (Å²) in [6.07, 6.45) is 2.05. The number of piperidine rings is 1. The molecule has 4 rings (SSSR count). The highest BCUT2D eigenvalue weighted by Gasteiger charge is 2.40. The quantitative estimate of drug-likeness (QED) is 0.860. The van der Waals surface area contributed by atoms with E-state index in [1.807, 2.05) is 12.1 Å². The van der Waals surface area contributed by atoms with Crippen LogP contribution in [0.2, 0.25) is 0 Å². The molecular weight excluding hydrogens is 352 g/mol. The number of hydrogen-bond donors (Lipinski definition) is 1. The van der Waals surface area contributed by atoms with Crippen LogP contribution in [0.3, 0.4) is 0 Å². The molecule has 2 heterocycles. The number of aromatic hydroxyl groups is 1. The molecular formula is C23H30N2O3. The van der Waals surface area contributed by atoms with Crippen molar-refractivity contribution in [2.75, 3.05) is 39.9 Å². The zero-order valence-electron chi connectivity index (χ0n) is 16.6. The Labute approximate surface area is 167 Å². The standard InChI is InChI=1S/C23H30N2O3/c1-27-15-14-24-12-10-23(11-13-24)18-25(16-19-6-8-21(26)9-7-19)17-20-4-2-3-5-22(20)28-23/h2-9,26H,10-18H2,1H3. The number of benzene rings is 2. The van der Waals surface area contributed by atoms with Gasteiger partial charge in [0.15, 0.2) is 0 Å². The summed E-state index contributed by atoms with van der Waals surface area (Å²) in [5, 5.41) is 9.58. The lowest BCUT2D eigenvalue weighted by Gasteiger charge is -2.43. The first-order valence-electron chi connectivity index (χ1n) is 10.1. The van der Waals surface area contributed by atoms with Crippen LogP contribution >= 0.6 is 0 Å². The minimum Gasteiger partial charge on any atom is -0.508 e. The molecule has 0 unspecified atom stereocenters. The molecule has 2 aliphatic rings. The van der Waals surface area contributed by atoms with Gasteiger partial charge in [-0.1, -0.05) is 30.3 Å². The number of phenolic OH excluding ortho intramolecular Hbond substituents is 1. The molecule has 0 bridgehead atoms. The van der Waals surface area contributed by atoms with Crippen molar-refractivity contribution in [2.24, 2.45) is 0 Å². The summed E-state index contributed by atoms with van der Waals surface area (Å²) in [4.78, 5) is 4.96. The third-order valence-electron chi connectivity index (χ3n) is 5.93. The number of nitrogens with zero attached hydrogens (tertiary/aromatic N) is 2. The minimum atomic E-state index is -0.146. The predicted molar refractivity (Wildman–Crippen MR) is 110 cm³/mol. The fraction of sp³-hybridized carbons (Fsp3) is 0.478. The van der Waals surface area contributed by atoms with Gasteiger partial charge in [0.1, 0.15) is 17.1 Å². The molecule has 1 fully saturated rings. The lowest BCUT2D eigenvalue weighted by molar-refractivity contribution is -0.0233. The van der Waals surface area contributed by atoms with E-state index in [4.69, 9.17) is 9.47 Å². The van der Waals surface area contributed by atoms with Crippen LogP contribution < -0.4 is 4.74 Å². The molecule has 0 amide bonds. The third kappa shape index (κ3) is 4.49. The summed E-state index contributed by atoms with van der Waals surface area (Å²) in [6, 6.07) is 16.0. The monoisotopic (exact) mass is 382 g/mol. The fourth-order valence-corrected chi connectivity index (χ4v) is 4.34. The van der Waals surface area contributed by atoms with E-state index in [2.05, 4.69) is 34.1 Å². The van der Waals surface area contributed by atoms with Gasteiger partial charge in [-0.25, -0.2) is 0 Å². The van der Waals surface area contributed by atoms with Gasteiger partial charge in [0.2, 0.25) is 0 Å². The maximum Gasteiger partial charge on any atom is 0.124 e. The van der Waals surface area contributed by atoms with Gasteiger partial charge in [-0.3, -0.25) is 4.90 Å². The van der Waals surface area contributed by atoms with Gasteiger partial charge in [-0.05, 0) is 23.8 Å². The topological polar surface area (TPSA) is 45.2 Å². The van der Waals surface area contributed by atoms with E-state index < -0.39 is 0 Å². The van der Waals surface area contributed by atoms with Gasteiger partial charge in [0.05, 0.1) is 6.61 Å². The van der Waals surface area contributed by atoms with Gasteiger partial charge < -0.3 is 19.5 Å². The highest BCUT2D eigenvalue weighted by Crippen LogP contribution is 2.36. The molecule has 0 aromatic heterocycles. The molecule has 28 heavy (non-hydrogen) atoms. The highest BCUT2D eigenvalue weighted by molar-refractivity contribution is 5.35. The second-order valence-corrected chi connectivity index (χ2v) is 8.04. The normalized spacial score (nSPS) is 19.8. The number of fused-ring (bicyclic) bond motifs is 1. The zero-order valence-corrected chi connectivity index (χ0v) is 16.6. The second-order valence-electron chi connectivity index (χ2n) is 8.04. The summed E-state index contributed by atoms with van der Waals surface area (Å²) >= 11 is 0. The molecule has 2 aromatic rings. The largest absolute Gasteiger partial charge is 0.508 e. The summed E-state index contributed by atoms with van der Waals surface area (Å²) in [6.45, 7) is 6.50. The van der Waals surface area contributed by atoms with Crippen LogP contribution in [0.15, 0.2) is 48.5 Å². The molecule has 1 saturated heterocycles.